The Balaban J connectivity index is 1.94. The summed E-state index contributed by atoms with van der Waals surface area (Å²) in [6, 6.07) is 0. The second-order valence-corrected chi connectivity index (χ2v) is 8.82. The van der Waals surface area contributed by atoms with Crippen LogP contribution in [0.25, 0.3) is 0 Å². The molecule has 4 nitrogen and oxygen atoms in total. The molecule has 20 heavy (non-hydrogen) atoms. The minimum Gasteiger partial charge on any atom is -0.394 e. The Morgan fingerprint density at radius 3 is 2.90 bits per heavy atom. The molecule has 0 radical (unpaired) electrons. The third-order valence-corrected chi connectivity index (χ3v) is 6.93. The number of aliphatic hydroxyl groups is 1. The first kappa shape index (κ1) is 16.5. The minimum atomic E-state index is -0.0844. The number of nitrogens with zero attached hydrogens (tertiary/aromatic N) is 2. The van der Waals surface area contributed by atoms with Gasteiger partial charge in [0.05, 0.1) is 6.61 Å². The number of nitrogens with one attached hydrogen (secondary N) is 1. The molecule has 1 aliphatic carbocycles. The average Bonchev–Trinajstić information content (AvgIpc) is 2.93. The van der Waals surface area contributed by atoms with Crippen molar-refractivity contribution in [2.24, 2.45) is 0 Å². The van der Waals surface area contributed by atoms with Crippen molar-refractivity contribution in [2.75, 3.05) is 19.4 Å². The predicted molar refractivity (Wildman–Crippen MR) is 87.9 cm³/mol. The fourth-order valence-corrected chi connectivity index (χ4v) is 5.69. The Morgan fingerprint density at radius 1 is 1.45 bits per heavy atom. The molecule has 0 amide bonds. The van der Waals surface area contributed by atoms with Gasteiger partial charge in [-0.2, -0.15) is 0 Å². The molecule has 7 heteroatoms. The lowest BCUT2D eigenvalue weighted by molar-refractivity contribution is 0.124. The number of thioether (sulfide) groups is 2. The average molecular weight is 334 g/mol. The van der Waals surface area contributed by atoms with Crippen LogP contribution in [0.4, 0.5) is 0 Å². The number of aromatic nitrogens is 2. The monoisotopic (exact) mass is 333 g/mol. The van der Waals surface area contributed by atoms with Crippen molar-refractivity contribution in [3.05, 3.63) is 0 Å². The molecule has 2 N–H and O–H groups in total. The number of hydrogen-bond acceptors (Lipinski definition) is 7. The first-order chi connectivity index (χ1) is 9.71. The highest BCUT2D eigenvalue weighted by Crippen LogP contribution is 2.39. The van der Waals surface area contributed by atoms with E-state index in [0.717, 1.165) is 34.5 Å². The van der Waals surface area contributed by atoms with E-state index in [-0.39, 0.29) is 12.1 Å². The van der Waals surface area contributed by atoms with Gasteiger partial charge in [-0.1, -0.05) is 48.2 Å². The van der Waals surface area contributed by atoms with Gasteiger partial charge in [0, 0.05) is 10.8 Å². The van der Waals surface area contributed by atoms with Crippen LogP contribution in [0.3, 0.4) is 0 Å². The quantitative estimate of drug-likeness (QED) is 0.748. The van der Waals surface area contributed by atoms with Gasteiger partial charge < -0.3 is 10.4 Å². The SMILES string of the molecule is CCCNC1(CO)CCCC(Sc2nnc(SC)s2)C1. The molecule has 1 saturated carbocycles. The van der Waals surface area contributed by atoms with Crippen LogP contribution in [-0.4, -0.2) is 45.5 Å². The molecule has 1 aromatic heterocycles. The zero-order valence-electron chi connectivity index (χ0n) is 12.1. The van der Waals surface area contributed by atoms with Gasteiger partial charge in [0.15, 0.2) is 8.68 Å². The van der Waals surface area contributed by atoms with Gasteiger partial charge in [-0.05, 0) is 38.5 Å². The van der Waals surface area contributed by atoms with Crippen LogP contribution in [0.15, 0.2) is 8.68 Å². The zero-order valence-corrected chi connectivity index (χ0v) is 14.5. The molecule has 2 rings (SSSR count). The molecule has 1 fully saturated rings. The first-order valence-corrected chi connectivity index (χ1v) is 10.0. The molecular weight excluding hydrogens is 310 g/mol. The van der Waals surface area contributed by atoms with Crippen molar-refractivity contribution in [3.63, 3.8) is 0 Å². The molecule has 0 spiro atoms. The molecule has 0 aromatic carbocycles. The van der Waals surface area contributed by atoms with E-state index in [1.165, 1.54) is 12.8 Å². The lowest BCUT2D eigenvalue weighted by Crippen LogP contribution is -2.52. The van der Waals surface area contributed by atoms with Crippen LogP contribution in [0.5, 0.6) is 0 Å². The summed E-state index contributed by atoms with van der Waals surface area (Å²) in [5.41, 5.74) is -0.0844. The van der Waals surface area contributed by atoms with Crippen LogP contribution in [-0.2, 0) is 0 Å². The fraction of sp³-hybridized carbons (Fsp3) is 0.846. The second-order valence-electron chi connectivity index (χ2n) is 5.24. The van der Waals surface area contributed by atoms with E-state index in [0.29, 0.717) is 5.25 Å². The maximum Gasteiger partial charge on any atom is 0.175 e. The lowest BCUT2D eigenvalue weighted by atomic mass is 9.82. The van der Waals surface area contributed by atoms with Crippen LogP contribution >= 0.6 is 34.9 Å². The van der Waals surface area contributed by atoms with E-state index in [9.17, 15) is 5.11 Å². The van der Waals surface area contributed by atoms with Gasteiger partial charge in [0.25, 0.3) is 0 Å². The largest absolute Gasteiger partial charge is 0.394 e. The van der Waals surface area contributed by atoms with E-state index in [4.69, 9.17) is 0 Å². The third kappa shape index (κ3) is 4.34. The van der Waals surface area contributed by atoms with Crippen molar-refractivity contribution in [1.29, 1.82) is 0 Å². The van der Waals surface area contributed by atoms with E-state index in [1.54, 1.807) is 23.1 Å². The Hall–Kier alpha value is 0.180. The highest BCUT2D eigenvalue weighted by Gasteiger charge is 2.36. The van der Waals surface area contributed by atoms with E-state index in [2.05, 4.69) is 22.4 Å². The molecule has 114 valence electrons. The molecule has 0 aliphatic heterocycles. The summed E-state index contributed by atoms with van der Waals surface area (Å²) >= 11 is 5.15. The van der Waals surface area contributed by atoms with E-state index >= 15 is 0 Å². The molecule has 1 aromatic rings. The smallest absolute Gasteiger partial charge is 0.175 e. The standard InChI is InChI=1S/C13H23N3OS3/c1-3-7-14-13(9-17)6-4-5-10(8-13)19-12-16-15-11(18-2)20-12/h10,14,17H,3-9H2,1-2H3. The first-order valence-electron chi connectivity index (χ1n) is 7.11. The molecule has 2 atom stereocenters. The lowest BCUT2D eigenvalue weighted by Gasteiger charge is -2.40. The van der Waals surface area contributed by atoms with Crippen LogP contribution in [0.1, 0.15) is 39.0 Å². The summed E-state index contributed by atoms with van der Waals surface area (Å²) in [7, 11) is 0. The minimum absolute atomic E-state index is 0.0844. The molecule has 0 saturated heterocycles. The summed E-state index contributed by atoms with van der Waals surface area (Å²) in [5.74, 6) is 0. The topological polar surface area (TPSA) is 58.0 Å². The Labute approximate surface area is 133 Å². The summed E-state index contributed by atoms with van der Waals surface area (Å²) in [6.07, 6.45) is 7.60. The van der Waals surface area contributed by atoms with Crippen LogP contribution < -0.4 is 5.32 Å². The Kier molecular flexibility index (Phi) is 6.61. The maximum absolute atomic E-state index is 9.79. The Morgan fingerprint density at radius 2 is 2.25 bits per heavy atom. The maximum atomic E-state index is 9.79. The highest BCUT2D eigenvalue weighted by atomic mass is 32.2. The van der Waals surface area contributed by atoms with E-state index < -0.39 is 0 Å². The van der Waals surface area contributed by atoms with Gasteiger partial charge in [-0.15, -0.1) is 10.2 Å². The van der Waals surface area contributed by atoms with Crippen molar-refractivity contribution in [2.45, 2.75) is 58.5 Å². The van der Waals surface area contributed by atoms with Gasteiger partial charge >= 0.3 is 0 Å². The fourth-order valence-electron chi connectivity index (χ4n) is 2.63. The van der Waals surface area contributed by atoms with Gasteiger partial charge in [0.2, 0.25) is 0 Å². The summed E-state index contributed by atoms with van der Waals surface area (Å²) in [6.45, 7) is 3.38. The number of hydrogen-bond donors (Lipinski definition) is 2. The summed E-state index contributed by atoms with van der Waals surface area (Å²) in [5, 5.41) is 22.3. The highest BCUT2D eigenvalue weighted by molar-refractivity contribution is 8.03. The van der Waals surface area contributed by atoms with Crippen molar-refractivity contribution in [3.8, 4) is 0 Å². The number of rotatable bonds is 7. The van der Waals surface area contributed by atoms with Crippen molar-refractivity contribution in [1.82, 2.24) is 15.5 Å². The summed E-state index contributed by atoms with van der Waals surface area (Å²) in [4.78, 5) is 0. The predicted octanol–water partition coefficient (Wildman–Crippen LogP) is 3.03. The molecular formula is C13H23N3OS3. The van der Waals surface area contributed by atoms with Crippen LogP contribution in [0, 0.1) is 0 Å². The molecule has 1 aliphatic rings. The second kappa shape index (κ2) is 7.98. The molecule has 0 bridgehead atoms. The molecule has 1 heterocycles. The van der Waals surface area contributed by atoms with Crippen molar-refractivity contribution < 1.29 is 5.11 Å². The zero-order chi connectivity index (χ0) is 14.4. The third-order valence-electron chi connectivity index (χ3n) is 3.68. The summed E-state index contributed by atoms with van der Waals surface area (Å²) < 4.78 is 2.09. The normalized spacial score (nSPS) is 26.9. The van der Waals surface area contributed by atoms with Gasteiger partial charge in [0.1, 0.15) is 0 Å². The molecule has 2 unspecified atom stereocenters. The Bertz CT molecular complexity index is 415. The number of aliphatic hydroxyl groups excluding tert-OH is 1. The van der Waals surface area contributed by atoms with Crippen LogP contribution in [0.2, 0.25) is 0 Å². The van der Waals surface area contributed by atoms with Gasteiger partial charge in [-0.25, -0.2) is 0 Å². The van der Waals surface area contributed by atoms with Gasteiger partial charge in [-0.3, -0.25) is 0 Å². The van der Waals surface area contributed by atoms with Crippen molar-refractivity contribution >= 4 is 34.9 Å². The van der Waals surface area contributed by atoms with E-state index in [1.807, 2.05) is 18.0 Å².